The number of nitrogens with one attached hydrogen (secondary N) is 1. The van der Waals surface area contributed by atoms with Crippen molar-refractivity contribution >= 4 is 29.1 Å². The van der Waals surface area contributed by atoms with Crippen molar-refractivity contribution < 1.29 is 23.1 Å². The molecule has 1 aromatic heterocycles. The molecule has 3 rings (SSSR count). The van der Waals surface area contributed by atoms with Crippen LogP contribution in [0.2, 0.25) is 10.0 Å². The molecule has 2 aromatic carbocycles. The lowest BCUT2D eigenvalue weighted by atomic mass is 10.0. The van der Waals surface area contributed by atoms with E-state index in [-0.39, 0.29) is 21.4 Å². The molecular formula is C20H14Cl2F2N2O3. The van der Waals surface area contributed by atoms with Crippen molar-refractivity contribution in [2.75, 3.05) is 0 Å². The topological polar surface area (TPSA) is 60.5 Å². The summed E-state index contributed by atoms with van der Waals surface area (Å²) >= 11 is 12.5. The highest BCUT2D eigenvalue weighted by molar-refractivity contribution is 6.35. The van der Waals surface area contributed by atoms with Crippen molar-refractivity contribution in [1.29, 1.82) is 0 Å². The molecule has 3 aromatic rings. The van der Waals surface area contributed by atoms with Gasteiger partial charge in [-0.1, -0.05) is 59.6 Å². The van der Waals surface area contributed by atoms with Crippen LogP contribution in [0.15, 0.2) is 67.0 Å². The molecule has 1 unspecified atom stereocenters. The number of ether oxygens (including phenoxy) is 1. The maximum absolute atomic E-state index is 12.5. The predicted molar refractivity (Wildman–Crippen MR) is 104 cm³/mol. The summed E-state index contributed by atoms with van der Waals surface area (Å²) in [7, 11) is 0. The third-order valence-corrected chi connectivity index (χ3v) is 4.45. The molecule has 0 saturated carbocycles. The maximum Gasteiger partial charge on any atom is 0.387 e. The molecule has 5 nitrogen and oxygen atoms in total. The van der Waals surface area contributed by atoms with Crippen LogP contribution in [-0.2, 0) is 4.84 Å². The van der Waals surface area contributed by atoms with Crippen molar-refractivity contribution in [3.8, 4) is 5.75 Å². The zero-order chi connectivity index (χ0) is 20.8. The molecule has 1 atom stereocenters. The van der Waals surface area contributed by atoms with E-state index >= 15 is 0 Å². The Bertz CT molecular complexity index is 970. The fourth-order valence-electron chi connectivity index (χ4n) is 2.58. The van der Waals surface area contributed by atoms with Gasteiger partial charge in [-0.2, -0.15) is 8.78 Å². The minimum Gasteiger partial charge on any atom is -0.435 e. The fraction of sp³-hybridized carbons (Fsp3) is 0.100. The number of pyridine rings is 1. The first kappa shape index (κ1) is 21.0. The molecule has 29 heavy (non-hydrogen) atoms. The Labute approximate surface area is 175 Å². The van der Waals surface area contributed by atoms with E-state index in [1.54, 1.807) is 24.3 Å². The average Bonchev–Trinajstić information content (AvgIpc) is 2.70. The number of amides is 1. The first-order valence-electron chi connectivity index (χ1n) is 8.30. The van der Waals surface area contributed by atoms with Gasteiger partial charge in [0.05, 0.1) is 10.0 Å². The molecule has 1 heterocycles. The van der Waals surface area contributed by atoms with Crippen molar-refractivity contribution in [3.63, 3.8) is 0 Å². The smallest absolute Gasteiger partial charge is 0.387 e. The van der Waals surface area contributed by atoms with E-state index in [0.717, 1.165) is 0 Å². The Morgan fingerprint density at radius 2 is 1.69 bits per heavy atom. The molecule has 150 valence electrons. The number of carbonyl (C=O) groups is 1. The number of nitrogens with zero attached hydrogens (tertiary/aromatic N) is 1. The molecule has 0 aliphatic carbocycles. The van der Waals surface area contributed by atoms with E-state index in [1.165, 1.54) is 36.7 Å². The van der Waals surface area contributed by atoms with E-state index in [0.29, 0.717) is 11.1 Å². The van der Waals surface area contributed by atoms with Gasteiger partial charge in [0, 0.05) is 23.5 Å². The molecule has 0 bridgehead atoms. The van der Waals surface area contributed by atoms with E-state index in [2.05, 4.69) is 15.2 Å². The van der Waals surface area contributed by atoms with Crippen LogP contribution in [0.25, 0.3) is 0 Å². The highest BCUT2D eigenvalue weighted by Crippen LogP contribution is 2.35. The Balaban J connectivity index is 1.83. The van der Waals surface area contributed by atoms with E-state index in [9.17, 15) is 13.6 Å². The lowest BCUT2D eigenvalue weighted by Gasteiger charge is -2.20. The number of hydrogen-bond donors (Lipinski definition) is 1. The molecule has 0 aliphatic heterocycles. The molecular weight excluding hydrogens is 425 g/mol. The van der Waals surface area contributed by atoms with Gasteiger partial charge in [-0.15, -0.1) is 0 Å². The monoisotopic (exact) mass is 438 g/mol. The van der Waals surface area contributed by atoms with Gasteiger partial charge in [0.15, 0.2) is 0 Å². The molecule has 0 fully saturated rings. The number of hydrogen-bond acceptors (Lipinski definition) is 4. The minimum absolute atomic E-state index is 0.0712. The number of rotatable bonds is 7. The van der Waals surface area contributed by atoms with Crippen LogP contribution in [0.4, 0.5) is 8.78 Å². The summed E-state index contributed by atoms with van der Waals surface area (Å²) in [6, 6.07) is 14.3. The Hall–Kier alpha value is -2.74. The Morgan fingerprint density at radius 3 is 2.34 bits per heavy atom. The van der Waals surface area contributed by atoms with Crippen LogP contribution in [0.3, 0.4) is 0 Å². The summed E-state index contributed by atoms with van der Waals surface area (Å²) in [4.78, 5) is 22.0. The van der Waals surface area contributed by atoms with E-state index in [1.807, 2.05) is 6.07 Å². The number of carbonyl (C=O) groups excluding carboxylic acids is 1. The lowest BCUT2D eigenvalue weighted by Crippen LogP contribution is -2.27. The summed E-state index contributed by atoms with van der Waals surface area (Å²) in [5.41, 5.74) is 3.48. The van der Waals surface area contributed by atoms with E-state index < -0.39 is 18.6 Å². The summed E-state index contributed by atoms with van der Waals surface area (Å²) in [6.45, 7) is -3.00. The first-order chi connectivity index (χ1) is 14.0. The van der Waals surface area contributed by atoms with Crippen molar-refractivity contribution in [1.82, 2.24) is 10.5 Å². The molecule has 1 amide bonds. The van der Waals surface area contributed by atoms with Gasteiger partial charge in [0.1, 0.15) is 11.9 Å². The molecule has 0 radical (unpaired) electrons. The number of alkyl halides is 2. The molecule has 1 N–H and O–H groups in total. The summed E-state index contributed by atoms with van der Waals surface area (Å²) in [5.74, 6) is -0.806. The van der Waals surface area contributed by atoms with Gasteiger partial charge in [-0.05, 0) is 23.8 Å². The van der Waals surface area contributed by atoms with Crippen LogP contribution < -0.4 is 10.2 Å². The molecule has 0 aliphatic rings. The van der Waals surface area contributed by atoms with Crippen molar-refractivity contribution in [3.05, 3.63) is 93.7 Å². The van der Waals surface area contributed by atoms with Gasteiger partial charge < -0.3 is 4.74 Å². The second-order valence-corrected chi connectivity index (χ2v) is 6.58. The van der Waals surface area contributed by atoms with Crippen LogP contribution in [0.5, 0.6) is 5.75 Å². The maximum atomic E-state index is 12.5. The largest absolute Gasteiger partial charge is 0.435 e. The lowest BCUT2D eigenvalue weighted by molar-refractivity contribution is -0.0499. The molecule has 0 spiro atoms. The fourth-order valence-corrected chi connectivity index (χ4v) is 3.14. The third-order valence-electron chi connectivity index (χ3n) is 3.85. The zero-order valence-corrected chi connectivity index (χ0v) is 16.2. The Morgan fingerprint density at radius 1 is 1.00 bits per heavy atom. The quantitative estimate of drug-likeness (QED) is 0.498. The van der Waals surface area contributed by atoms with Crippen molar-refractivity contribution in [2.45, 2.75) is 12.7 Å². The second kappa shape index (κ2) is 9.65. The number of hydroxylamine groups is 1. The van der Waals surface area contributed by atoms with Crippen LogP contribution in [0, 0.1) is 0 Å². The normalized spacial score (nSPS) is 11.9. The number of benzene rings is 2. The average molecular weight is 439 g/mol. The van der Waals surface area contributed by atoms with Gasteiger partial charge in [0.25, 0.3) is 5.91 Å². The van der Waals surface area contributed by atoms with Gasteiger partial charge in [0.2, 0.25) is 0 Å². The highest BCUT2D eigenvalue weighted by Gasteiger charge is 2.23. The van der Waals surface area contributed by atoms with Gasteiger partial charge >= 0.3 is 6.61 Å². The molecule has 0 saturated heterocycles. The third kappa shape index (κ3) is 5.41. The van der Waals surface area contributed by atoms with Crippen LogP contribution >= 0.6 is 23.2 Å². The predicted octanol–water partition coefficient (Wildman–Crippen LogP) is 5.44. The standard InChI is InChI=1S/C20H14Cl2F2N2O3/c21-15-10-25-11-16(22)17(15)18(12-5-2-1-3-6-12)29-26-19(27)13-7-4-8-14(9-13)28-20(23)24/h1-11,18,20H,(H,26,27). The van der Waals surface area contributed by atoms with Crippen LogP contribution in [0.1, 0.15) is 27.6 Å². The highest BCUT2D eigenvalue weighted by atomic mass is 35.5. The SMILES string of the molecule is O=C(NOC(c1ccccc1)c1c(Cl)cncc1Cl)c1cccc(OC(F)F)c1. The van der Waals surface area contributed by atoms with Crippen LogP contribution in [-0.4, -0.2) is 17.5 Å². The van der Waals surface area contributed by atoms with E-state index in [4.69, 9.17) is 28.0 Å². The van der Waals surface area contributed by atoms with Gasteiger partial charge in [-0.3, -0.25) is 14.6 Å². The summed E-state index contributed by atoms with van der Waals surface area (Å²) in [5, 5.41) is 0.515. The summed E-state index contributed by atoms with van der Waals surface area (Å²) in [6.07, 6.45) is 1.99. The molecule has 9 heteroatoms. The minimum atomic E-state index is -3.00. The number of aromatic nitrogens is 1. The second-order valence-electron chi connectivity index (χ2n) is 5.76. The zero-order valence-electron chi connectivity index (χ0n) is 14.7. The summed E-state index contributed by atoms with van der Waals surface area (Å²) < 4.78 is 29.1. The van der Waals surface area contributed by atoms with Gasteiger partial charge in [-0.25, -0.2) is 5.48 Å². The Kier molecular flexibility index (Phi) is 6.98. The van der Waals surface area contributed by atoms with Crippen molar-refractivity contribution in [2.24, 2.45) is 0 Å². The number of halogens is 4. The first-order valence-corrected chi connectivity index (χ1v) is 9.06.